The van der Waals surface area contributed by atoms with Gasteiger partial charge in [-0.05, 0) is 50.0 Å². The van der Waals surface area contributed by atoms with Gasteiger partial charge in [0.25, 0.3) is 5.91 Å². The molecule has 0 aromatic heterocycles. The molecule has 6 nitrogen and oxygen atoms in total. The number of likely N-dealkylation sites (N-methyl/N-ethyl adjacent to an activating group) is 1. The van der Waals surface area contributed by atoms with Crippen molar-refractivity contribution in [3.8, 4) is 5.75 Å². The third-order valence-corrected chi connectivity index (χ3v) is 5.73. The average Bonchev–Trinajstić information content (AvgIpc) is 2.61. The Kier molecular flexibility index (Phi) is 6.86. The molecule has 0 bridgehead atoms. The number of amides is 1. The highest BCUT2D eigenvalue weighted by Gasteiger charge is 2.19. The number of benzene rings is 2. The molecule has 27 heavy (non-hydrogen) atoms. The summed E-state index contributed by atoms with van der Waals surface area (Å²) in [6.45, 7) is 0.343. The van der Waals surface area contributed by atoms with Crippen molar-refractivity contribution in [2.75, 3.05) is 34.0 Å². The van der Waals surface area contributed by atoms with Crippen LogP contribution in [0.2, 0.25) is 5.02 Å². The fraction of sp³-hybridized carbons (Fsp3) is 0.316. The summed E-state index contributed by atoms with van der Waals surface area (Å²) in [6, 6.07) is 11.8. The smallest absolute Gasteiger partial charge is 0.251 e. The largest absolute Gasteiger partial charge is 0.497 e. The molecule has 0 aliphatic heterocycles. The number of nitrogens with zero attached hydrogens (tertiary/aromatic N) is 1. The third-order valence-electron chi connectivity index (χ3n) is 4.15. The number of hydrogen-bond acceptors (Lipinski definition) is 5. The van der Waals surface area contributed by atoms with Crippen molar-refractivity contribution in [1.29, 1.82) is 0 Å². The SMILES string of the molecule is COc1cccc(C(CNC(=O)c2ccc(Cl)c(S(C)(=O)=O)c2)N(C)C)c1. The van der Waals surface area contributed by atoms with Crippen molar-refractivity contribution in [2.45, 2.75) is 10.9 Å². The van der Waals surface area contributed by atoms with E-state index in [9.17, 15) is 13.2 Å². The van der Waals surface area contributed by atoms with E-state index >= 15 is 0 Å². The molecule has 0 heterocycles. The van der Waals surface area contributed by atoms with Crippen LogP contribution in [-0.4, -0.2) is 53.2 Å². The molecule has 0 aliphatic carbocycles. The summed E-state index contributed by atoms with van der Waals surface area (Å²) in [5.41, 5.74) is 1.23. The van der Waals surface area contributed by atoms with Crippen LogP contribution in [0.5, 0.6) is 5.75 Å². The molecular formula is C19H23ClN2O4S. The van der Waals surface area contributed by atoms with Gasteiger partial charge in [-0.3, -0.25) is 4.79 Å². The lowest BCUT2D eigenvalue weighted by Gasteiger charge is -2.25. The summed E-state index contributed by atoms with van der Waals surface area (Å²) >= 11 is 5.93. The fourth-order valence-electron chi connectivity index (χ4n) is 2.67. The Bertz CT molecular complexity index is 929. The number of ether oxygens (including phenoxy) is 1. The molecule has 0 spiro atoms. The lowest BCUT2D eigenvalue weighted by Crippen LogP contribution is -2.34. The third kappa shape index (κ3) is 5.45. The van der Waals surface area contributed by atoms with Gasteiger partial charge in [0, 0.05) is 18.4 Å². The number of hydrogen-bond donors (Lipinski definition) is 1. The van der Waals surface area contributed by atoms with Crippen LogP contribution in [0.4, 0.5) is 0 Å². The maximum Gasteiger partial charge on any atom is 0.251 e. The highest BCUT2D eigenvalue weighted by molar-refractivity contribution is 7.90. The van der Waals surface area contributed by atoms with Crippen molar-refractivity contribution in [3.05, 3.63) is 58.6 Å². The van der Waals surface area contributed by atoms with Crippen molar-refractivity contribution in [2.24, 2.45) is 0 Å². The normalized spacial score (nSPS) is 12.7. The summed E-state index contributed by atoms with van der Waals surface area (Å²) in [7, 11) is 1.92. The van der Waals surface area contributed by atoms with E-state index in [4.69, 9.17) is 16.3 Å². The molecule has 0 aliphatic rings. The van der Waals surface area contributed by atoms with Crippen LogP contribution in [0.1, 0.15) is 22.0 Å². The standard InChI is InChI=1S/C19H23ClN2O4S/c1-22(2)17(13-6-5-7-15(10-13)26-3)12-21-19(23)14-8-9-16(20)18(11-14)27(4,24)25/h5-11,17H,12H2,1-4H3,(H,21,23). The molecule has 1 N–H and O–H groups in total. The quantitative estimate of drug-likeness (QED) is 0.759. The molecule has 2 aromatic rings. The van der Waals surface area contributed by atoms with Crippen LogP contribution < -0.4 is 10.1 Å². The van der Waals surface area contributed by atoms with Crippen LogP contribution in [0.25, 0.3) is 0 Å². The predicted molar refractivity (Wildman–Crippen MR) is 106 cm³/mol. The summed E-state index contributed by atoms with van der Waals surface area (Å²) < 4.78 is 28.8. The Hall–Kier alpha value is -2.09. The van der Waals surface area contributed by atoms with E-state index in [1.807, 2.05) is 43.3 Å². The van der Waals surface area contributed by atoms with Crippen molar-refractivity contribution < 1.29 is 17.9 Å². The maximum absolute atomic E-state index is 12.5. The minimum absolute atomic E-state index is 0.0613. The van der Waals surface area contributed by atoms with Gasteiger partial charge in [-0.15, -0.1) is 0 Å². The monoisotopic (exact) mass is 410 g/mol. The highest BCUT2D eigenvalue weighted by atomic mass is 35.5. The Morgan fingerprint density at radius 2 is 1.93 bits per heavy atom. The molecule has 2 aromatic carbocycles. The van der Waals surface area contributed by atoms with E-state index in [1.165, 1.54) is 18.2 Å². The second-order valence-corrected chi connectivity index (χ2v) is 8.77. The molecule has 1 atom stereocenters. The zero-order valence-electron chi connectivity index (χ0n) is 15.7. The second kappa shape index (κ2) is 8.73. The van der Waals surface area contributed by atoms with Gasteiger partial charge in [0.15, 0.2) is 9.84 Å². The number of sulfone groups is 1. The van der Waals surface area contributed by atoms with Crippen LogP contribution >= 0.6 is 11.6 Å². The van der Waals surface area contributed by atoms with Gasteiger partial charge in [-0.25, -0.2) is 8.42 Å². The summed E-state index contributed by atoms with van der Waals surface area (Å²) in [5, 5.41) is 2.95. The predicted octanol–water partition coefficient (Wildman–Crippen LogP) is 2.78. The zero-order valence-corrected chi connectivity index (χ0v) is 17.3. The number of carbonyl (C=O) groups excluding carboxylic acids is 1. The lowest BCUT2D eigenvalue weighted by molar-refractivity contribution is 0.0941. The number of methoxy groups -OCH3 is 1. The van der Waals surface area contributed by atoms with Crippen LogP contribution in [0.15, 0.2) is 47.4 Å². The van der Waals surface area contributed by atoms with Gasteiger partial charge in [-0.2, -0.15) is 0 Å². The van der Waals surface area contributed by atoms with Crippen LogP contribution in [0.3, 0.4) is 0 Å². The Labute approximate surface area is 165 Å². The first kappa shape index (κ1) is 21.2. The Morgan fingerprint density at radius 3 is 2.52 bits per heavy atom. The van der Waals surface area contributed by atoms with Gasteiger partial charge < -0.3 is 15.0 Å². The highest BCUT2D eigenvalue weighted by Crippen LogP contribution is 2.24. The first-order valence-electron chi connectivity index (χ1n) is 8.21. The molecule has 146 valence electrons. The Morgan fingerprint density at radius 1 is 1.22 bits per heavy atom. The summed E-state index contributed by atoms with van der Waals surface area (Å²) in [6.07, 6.45) is 1.06. The summed E-state index contributed by atoms with van der Waals surface area (Å²) in [4.78, 5) is 14.4. The molecule has 0 radical (unpaired) electrons. The van der Waals surface area contributed by atoms with Gasteiger partial charge in [0.2, 0.25) is 0 Å². The molecule has 1 unspecified atom stereocenters. The van der Waals surface area contributed by atoms with E-state index in [-0.39, 0.29) is 27.4 Å². The lowest BCUT2D eigenvalue weighted by atomic mass is 10.1. The van der Waals surface area contributed by atoms with Crippen LogP contribution in [-0.2, 0) is 9.84 Å². The first-order chi connectivity index (χ1) is 12.6. The topological polar surface area (TPSA) is 75.7 Å². The number of carbonyl (C=O) groups is 1. The fourth-order valence-corrected chi connectivity index (χ4v) is 3.97. The zero-order chi connectivity index (χ0) is 20.2. The van der Waals surface area contributed by atoms with E-state index in [0.717, 1.165) is 17.6 Å². The van der Waals surface area contributed by atoms with Crippen molar-refractivity contribution >= 4 is 27.3 Å². The molecule has 1 amide bonds. The number of halogens is 1. The van der Waals surface area contributed by atoms with Gasteiger partial charge in [-0.1, -0.05) is 23.7 Å². The van der Waals surface area contributed by atoms with Gasteiger partial charge in [0.1, 0.15) is 5.75 Å². The van der Waals surface area contributed by atoms with Crippen LogP contribution in [0, 0.1) is 0 Å². The second-order valence-electron chi connectivity index (χ2n) is 6.38. The number of nitrogens with one attached hydrogen (secondary N) is 1. The molecule has 0 fully saturated rings. The van der Waals surface area contributed by atoms with E-state index in [2.05, 4.69) is 5.32 Å². The molecular weight excluding hydrogens is 388 g/mol. The average molecular weight is 411 g/mol. The summed E-state index contributed by atoms with van der Waals surface area (Å²) in [5.74, 6) is 0.368. The van der Waals surface area contributed by atoms with E-state index < -0.39 is 9.84 Å². The minimum atomic E-state index is -3.52. The van der Waals surface area contributed by atoms with Gasteiger partial charge >= 0.3 is 0 Å². The molecule has 0 saturated heterocycles. The maximum atomic E-state index is 12.5. The van der Waals surface area contributed by atoms with E-state index in [1.54, 1.807) is 7.11 Å². The van der Waals surface area contributed by atoms with E-state index in [0.29, 0.717) is 6.54 Å². The Balaban J connectivity index is 2.19. The molecule has 8 heteroatoms. The molecule has 0 saturated carbocycles. The molecule has 2 rings (SSSR count). The minimum Gasteiger partial charge on any atom is -0.497 e. The first-order valence-corrected chi connectivity index (χ1v) is 10.5. The number of rotatable bonds is 7. The van der Waals surface area contributed by atoms with Gasteiger partial charge in [0.05, 0.1) is 23.1 Å². The van der Waals surface area contributed by atoms with Crippen molar-refractivity contribution in [3.63, 3.8) is 0 Å². The van der Waals surface area contributed by atoms with Crippen molar-refractivity contribution in [1.82, 2.24) is 10.2 Å².